The molecular weight excluding hydrogens is 266 g/mol. The van der Waals surface area contributed by atoms with Gasteiger partial charge in [-0.3, -0.25) is 4.90 Å². The van der Waals surface area contributed by atoms with Crippen LogP contribution >= 0.6 is 0 Å². The molecule has 2 heterocycles. The van der Waals surface area contributed by atoms with Crippen molar-refractivity contribution in [1.82, 2.24) is 14.2 Å². The Hall–Kier alpha value is -0.920. The molecule has 0 radical (unpaired) electrons. The summed E-state index contributed by atoms with van der Waals surface area (Å²) in [6.07, 6.45) is 6.43. The van der Waals surface area contributed by atoms with Crippen LogP contribution in [-0.4, -0.2) is 55.5 Å². The molecule has 1 aliphatic heterocycles. The minimum Gasteiger partial charge on any atom is -0.451 e. The molecule has 0 amide bonds. The summed E-state index contributed by atoms with van der Waals surface area (Å²) in [6.45, 7) is 3.39. The fraction of sp³-hybridized carbons (Fsp3) is 0.750. The van der Waals surface area contributed by atoms with Gasteiger partial charge in [-0.1, -0.05) is 0 Å². The van der Waals surface area contributed by atoms with Crippen LogP contribution in [0.25, 0.3) is 0 Å². The molecule has 0 unspecified atom stereocenters. The zero-order chi connectivity index (χ0) is 13.9. The van der Waals surface area contributed by atoms with Gasteiger partial charge in [-0.2, -0.15) is 0 Å². The van der Waals surface area contributed by atoms with Crippen LogP contribution in [0.15, 0.2) is 17.1 Å². The molecule has 6 nitrogen and oxygen atoms in total. The number of hydrogen-bond donors (Lipinski definition) is 0. The zero-order valence-corrected chi connectivity index (χ0v) is 12.3. The number of piperidine rings is 1. The average Bonchev–Trinajstić information content (AvgIpc) is 2.83. The smallest absolute Gasteiger partial charge is 0.210 e. The highest BCUT2D eigenvalue weighted by Gasteiger charge is 2.23. The molecule has 1 saturated heterocycles. The number of oxazole rings is 1. The highest BCUT2D eigenvalue weighted by Crippen LogP contribution is 2.20. The minimum absolute atomic E-state index is 0.452. The first-order valence-corrected chi connectivity index (χ1v) is 8.30. The third-order valence-electron chi connectivity index (χ3n) is 3.66. The van der Waals surface area contributed by atoms with Gasteiger partial charge in [0, 0.05) is 20.1 Å². The van der Waals surface area contributed by atoms with Crippen LogP contribution in [0, 0.1) is 5.92 Å². The van der Waals surface area contributed by atoms with E-state index in [0.29, 0.717) is 12.5 Å². The monoisotopic (exact) mass is 287 g/mol. The van der Waals surface area contributed by atoms with Gasteiger partial charge in [0.05, 0.1) is 11.9 Å². The van der Waals surface area contributed by atoms with Crippen LogP contribution in [0.5, 0.6) is 0 Å². The summed E-state index contributed by atoms with van der Waals surface area (Å²) < 4.78 is 29.2. The predicted octanol–water partition coefficient (Wildman–Crippen LogP) is 0.778. The molecule has 0 atom stereocenters. The fourth-order valence-corrected chi connectivity index (χ4v) is 2.85. The van der Waals surface area contributed by atoms with Crippen molar-refractivity contribution in [2.45, 2.75) is 19.4 Å². The third kappa shape index (κ3) is 4.29. The molecule has 1 aliphatic rings. The van der Waals surface area contributed by atoms with Gasteiger partial charge in [-0.25, -0.2) is 17.7 Å². The highest BCUT2D eigenvalue weighted by atomic mass is 32.2. The van der Waals surface area contributed by atoms with Gasteiger partial charge in [0.15, 0.2) is 6.39 Å². The van der Waals surface area contributed by atoms with Crippen molar-refractivity contribution in [3.05, 3.63) is 18.4 Å². The zero-order valence-electron chi connectivity index (χ0n) is 11.4. The van der Waals surface area contributed by atoms with E-state index in [9.17, 15) is 8.42 Å². The Morgan fingerprint density at radius 3 is 2.68 bits per heavy atom. The van der Waals surface area contributed by atoms with Crippen LogP contribution in [0.4, 0.5) is 0 Å². The molecule has 2 rings (SSSR count). The van der Waals surface area contributed by atoms with Crippen LogP contribution in [0.3, 0.4) is 0 Å². The van der Waals surface area contributed by atoms with Crippen molar-refractivity contribution in [1.29, 1.82) is 0 Å². The molecule has 108 valence electrons. The predicted molar refractivity (Wildman–Crippen MR) is 72.0 cm³/mol. The lowest BCUT2D eigenvalue weighted by molar-refractivity contribution is 0.165. The summed E-state index contributed by atoms with van der Waals surface area (Å²) in [4.78, 5) is 6.44. The van der Waals surface area contributed by atoms with E-state index in [1.807, 2.05) is 0 Å². The van der Waals surface area contributed by atoms with E-state index in [2.05, 4.69) is 9.88 Å². The van der Waals surface area contributed by atoms with Crippen molar-refractivity contribution >= 4 is 10.0 Å². The van der Waals surface area contributed by atoms with Gasteiger partial charge >= 0.3 is 0 Å². The largest absolute Gasteiger partial charge is 0.451 e. The Labute approximate surface area is 114 Å². The number of sulfonamides is 1. The van der Waals surface area contributed by atoms with E-state index < -0.39 is 10.0 Å². The van der Waals surface area contributed by atoms with Crippen LogP contribution in [0.2, 0.25) is 0 Å². The molecule has 0 saturated carbocycles. The van der Waals surface area contributed by atoms with E-state index >= 15 is 0 Å². The number of nitrogens with zero attached hydrogens (tertiary/aromatic N) is 3. The Morgan fingerprint density at radius 2 is 2.16 bits per heavy atom. The summed E-state index contributed by atoms with van der Waals surface area (Å²) in [5, 5.41) is 0. The number of likely N-dealkylation sites (tertiary alicyclic amines) is 1. The van der Waals surface area contributed by atoms with Gasteiger partial charge in [0.2, 0.25) is 10.0 Å². The van der Waals surface area contributed by atoms with Gasteiger partial charge in [0.25, 0.3) is 0 Å². The molecular formula is C12H21N3O3S. The molecule has 19 heavy (non-hydrogen) atoms. The molecule has 1 aromatic rings. The van der Waals surface area contributed by atoms with Gasteiger partial charge in [-0.05, 0) is 31.8 Å². The maximum Gasteiger partial charge on any atom is 0.210 e. The van der Waals surface area contributed by atoms with E-state index in [0.717, 1.165) is 38.2 Å². The molecule has 1 aromatic heterocycles. The Morgan fingerprint density at radius 1 is 1.47 bits per heavy atom. The summed E-state index contributed by atoms with van der Waals surface area (Å²) >= 11 is 0. The second-order valence-corrected chi connectivity index (χ2v) is 7.33. The second-order valence-electron chi connectivity index (χ2n) is 5.24. The van der Waals surface area contributed by atoms with E-state index in [4.69, 9.17) is 4.42 Å². The van der Waals surface area contributed by atoms with E-state index in [-0.39, 0.29) is 0 Å². The van der Waals surface area contributed by atoms with Crippen molar-refractivity contribution in [3.8, 4) is 0 Å². The SMILES string of the molecule is CN(CC1CCN(Cc2cocn2)CC1)S(C)(=O)=O. The van der Waals surface area contributed by atoms with Crippen LogP contribution in [-0.2, 0) is 16.6 Å². The molecule has 0 aromatic carbocycles. The van der Waals surface area contributed by atoms with E-state index in [1.165, 1.54) is 17.0 Å². The van der Waals surface area contributed by atoms with Crippen LogP contribution in [0.1, 0.15) is 18.5 Å². The number of aromatic nitrogens is 1. The minimum atomic E-state index is -3.06. The number of hydrogen-bond acceptors (Lipinski definition) is 5. The first kappa shape index (κ1) is 14.5. The molecule has 0 spiro atoms. The second kappa shape index (κ2) is 6.02. The topological polar surface area (TPSA) is 66.7 Å². The maximum absolute atomic E-state index is 11.4. The molecule has 0 aliphatic carbocycles. The van der Waals surface area contributed by atoms with Crippen molar-refractivity contribution in [3.63, 3.8) is 0 Å². The highest BCUT2D eigenvalue weighted by molar-refractivity contribution is 7.88. The normalized spacial score (nSPS) is 19.1. The lowest BCUT2D eigenvalue weighted by Crippen LogP contribution is -2.38. The lowest BCUT2D eigenvalue weighted by Gasteiger charge is -2.32. The Bertz CT molecular complexity index is 478. The van der Waals surface area contributed by atoms with Crippen molar-refractivity contribution in [2.75, 3.05) is 32.9 Å². The molecule has 0 bridgehead atoms. The maximum atomic E-state index is 11.4. The van der Waals surface area contributed by atoms with Crippen molar-refractivity contribution in [2.24, 2.45) is 5.92 Å². The van der Waals surface area contributed by atoms with Gasteiger partial charge in [-0.15, -0.1) is 0 Å². The quantitative estimate of drug-likeness (QED) is 0.800. The Balaban J connectivity index is 1.76. The van der Waals surface area contributed by atoms with Crippen molar-refractivity contribution < 1.29 is 12.8 Å². The molecule has 1 fully saturated rings. The summed E-state index contributed by atoms with van der Waals surface area (Å²) in [5.41, 5.74) is 0.951. The molecule has 7 heteroatoms. The standard InChI is InChI=1S/C12H21N3O3S/c1-14(19(2,16)17)7-11-3-5-15(6-4-11)8-12-9-18-10-13-12/h9-11H,3-8H2,1-2H3. The van der Waals surface area contributed by atoms with Gasteiger partial charge < -0.3 is 4.42 Å². The summed E-state index contributed by atoms with van der Waals surface area (Å²) in [5.74, 6) is 0.452. The summed E-state index contributed by atoms with van der Waals surface area (Å²) in [6, 6.07) is 0. The number of rotatable bonds is 5. The summed E-state index contributed by atoms with van der Waals surface area (Å²) in [7, 11) is -1.41. The Kier molecular flexibility index (Phi) is 4.59. The lowest BCUT2D eigenvalue weighted by atomic mass is 9.97. The first-order valence-electron chi connectivity index (χ1n) is 6.46. The van der Waals surface area contributed by atoms with Crippen LogP contribution < -0.4 is 0 Å². The van der Waals surface area contributed by atoms with Gasteiger partial charge in [0.1, 0.15) is 6.26 Å². The fourth-order valence-electron chi connectivity index (χ4n) is 2.37. The molecule has 0 N–H and O–H groups in total. The van der Waals surface area contributed by atoms with E-state index in [1.54, 1.807) is 13.3 Å². The third-order valence-corrected chi connectivity index (χ3v) is 4.94. The average molecular weight is 287 g/mol. The first-order chi connectivity index (χ1) is 8.95.